The van der Waals surface area contributed by atoms with Crippen molar-refractivity contribution < 1.29 is 19.4 Å². The van der Waals surface area contributed by atoms with Gasteiger partial charge in [-0.3, -0.25) is 9.69 Å². The predicted octanol–water partition coefficient (Wildman–Crippen LogP) is -0.746. The standard InChI is InChI=1S/C10H22N2O4/c1-11-9(10(13)14)8-12(4-6-15-2)5-7-16-3/h9,11H,4-8H2,1-3H3,(H,13,14). The van der Waals surface area contributed by atoms with Gasteiger partial charge in [-0.05, 0) is 7.05 Å². The summed E-state index contributed by atoms with van der Waals surface area (Å²) in [6.45, 7) is 3.01. The van der Waals surface area contributed by atoms with Gasteiger partial charge in [0.15, 0.2) is 0 Å². The molecule has 0 amide bonds. The number of carbonyl (C=O) groups is 1. The van der Waals surface area contributed by atoms with Crippen LogP contribution in [-0.4, -0.2) is 76.1 Å². The molecule has 1 unspecified atom stereocenters. The van der Waals surface area contributed by atoms with E-state index in [1.165, 1.54) is 0 Å². The molecule has 1 atom stereocenters. The number of hydrogen-bond donors (Lipinski definition) is 2. The molecule has 0 radical (unpaired) electrons. The van der Waals surface area contributed by atoms with Gasteiger partial charge in [-0.2, -0.15) is 0 Å². The van der Waals surface area contributed by atoms with Gasteiger partial charge in [-0.25, -0.2) is 0 Å². The van der Waals surface area contributed by atoms with Crippen molar-refractivity contribution in [3.8, 4) is 0 Å². The summed E-state index contributed by atoms with van der Waals surface area (Å²) < 4.78 is 9.96. The van der Waals surface area contributed by atoms with Crippen LogP contribution in [-0.2, 0) is 14.3 Å². The second-order valence-electron chi connectivity index (χ2n) is 3.47. The van der Waals surface area contributed by atoms with E-state index in [-0.39, 0.29) is 0 Å². The largest absolute Gasteiger partial charge is 0.480 e. The highest BCUT2D eigenvalue weighted by molar-refractivity contribution is 5.73. The van der Waals surface area contributed by atoms with E-state index in [1.54, 1.807) is 21.3 Å². The van der Waals surface area contributed by atoms with Crippen LogP contribution in [0.4, 0.5) is 0 Å². The Labute approximate surface area is 96.5 Å². The van der Waals surface area contributed by atoms with E-state index in [2.05, 4.69) is 5.32 Å². The minimum atomic E-state index is -0.845. The van der Waals surface area contributed by atoms with E-state index < -0.39 is 12.0 Å². The Bertz CT molecular complexity index is 182. The highest BCUT2D eigenvalue weighted by atomic mass is 16.5. The number of methoxy groups -OCH3 is 2. The van der Waals surface area contributed by atoms with Crippen molar-refractivity contribution in [3.63, 3.8) is 0 Å². The maximum absolute atomic E-state index is 10.9. The molecule has 0 heterocycles. The van der Waals surface area contributed by atoms with Crippen LogP contribution in [0.2, 0.25) is 0 Å². The number of nitrogens with one attached hydrogen (secondary N) is 1. The quantitative estimate of drug-likeness (QED) is 0.518. The van der Waals surface area contributed by atoms with Gasteiger partial charge in [-0.1, -0.05) is 0 Å². The Hall–Kier alpha value is -0.690. The molecule has 16 heavy (non-hydrogen) atoms. The number of likely N-dealkylation sites (N-methyl/N-ethyl adjacent to an activating group) is 1. The van der Waals surface area contributed by atoms with E-state index in [0.717, 1.165) is 0 Å². The predicted molar refractivity (Wildman–Crippen MR) is 60.7 cm³/mol. The summed E-state index contributed by atoms with van der Waals surface area (Å²) in [6, 6.07) is -0.561. The van der Waals surface area contributed by atoms with E-state index in [4.69, 9.17) is 14.6 Å². The van der Waals surface area contributed by atoms with Crippen LogP contribution in [0.25, 0.3) is 0 Å². The number of aliphatic carboxylic acids is 1. The van der Waals surface area contributed by atoms with Crippen LogP contribution in [0.5, 0.6) is 0 Å². The Morgan fingerprint density at radius 1 is 1.31 bits per heavy atom. The zero-order valence-electron chi connectivity index (χ0n) is 10.2. The third-order valence-corrected chi connectivity index (χ3v) is 2.31. The van der Waals surface area contributed by atoms with Gasteiger partial charge < -0.3 is 19.9 Å². The lowest BCUT2D eigenvalue weighted by Gasteiger charge is -2.24. The zero-order chi connectivity index (χ0) is 12.4. The van der Waals surface area contributed by atoms with Crippen molar-refractivity contribution in [1.82, 2.24) is 10.2 Å². The van der Waals surface area contributed by atoms with E-state index in [9.17, 15) is 4.79 Å². The topological polar surface area (TPSA) is 71.0 Å². The lowest BCUT2D eigenvalue weighted by Crippen LogP contribution is -2.46. The normalized spacial score (nSPS) is 13.0. The SMILES string of the molecule is CNC(CN(CCOC)CCOC)C(=O)O. The highest BCUT2D eigenvalue weighted by Gasteiger charge is 2.18. The number of ether oxygens (including phenoxy) is 2. The molecule has 0 aliphatic heterocycles. The fraction of sp³-hybridized carbons (Fsp3) is 0.900. The Morgan fingerprint density at radius 2 is 1.81 bits per heavy atom. The lowest BCUT2D eigenvalue weighted by molar-refractivity contribution is -0.139. The van der Waals surface area contributed by atoms with E-state index in [0.29, 0.717) is 32.8 Å². The molecule has 0 rings (SSSR count). The number of carboxylic acid groups (broad SMARTS) is 1. The van der Waals surface area contributed by atoms with Crippen molar-refractivity contribution in [2.75, 3.05) is 54.1 Å². The average molecular weight is 234 g/mol. The van der Waals surface area contributed by atoms with Crippen LogP contribution in [0.3, 0.4) is 0 Å². The molecule has 6 nitrogen and oxygen atoms in total. The molecule has 6 heteroatoms. The molecule has 0 bridgehead atoms. The molecule has 96 valence electrons. The van der Waals surface area contributed by atoms with E-state index >= 15 is 0 Å². The van der Waals surface area contributed by atoms with E-state index in [1.807, 2.05) is 4.90 Å². The zero-order valence-corrected chi connectivity index (χ0v) is 10.2. The monoisotopic (exact) mass is 234 g/mol. The second-order valence-corrected chi connectivity index (χ2v) is 3.47. The van der Waals surface area contributed by atoms with Crippen molar-refractivity contribution in [2.45, 2.75) is 6.04 Å². The number of nitrogens with zero attached hydrogens (tertiary/aromatic N) is 1. The van der Waals surface area contributed by atoms with Crippen LogP contribution in [0.15, 0.2) is 0 Å². The summed E-state index contributed by atoms with van der Waals surface area (Å²) in [5, 5.41) is 11.7. The van der Waals surface area contributed by atoms with Crippen molar-refractivity contribution in [3.05, 3.63) is 0 Å². The van der Waals surface area contributed by atoms with Crippen LogP contribution >= 0.6 is 0 Å². The first-order valence-electron chi connectivity index (χ1n) is 5.26. The van der Waals surface area contributed by atoms with Gasteiger partial charge in [-0.15, -0.1) is 0 Å². The number of carboxylic acids is 1. The molecule has 0 aliphatic carbocycles. The summed E-state index contributed by atoms with van der Waals surface area (Å²) in [5.74, 6) is -0.845. The molecule has 0 spiro atoms. The van der Waals surface area contributed by atoms with Crippen molar-refractivity contribution in [2.24, 2.45) is 0 Å². The number of rotatable bonds is 10. The molecule has 0 fully saturated rings. The van der Waals surface area contributed by atoms with Crippen molar-refractivity contribution >= 4 is 5.97 Å². The maximum atomic E-state index is 10.9. The minimum Gasteiger partial charge on any atom is -0.480 e. The molecule has 0 saturated carbocycles. The molecular weight excluding hydrogens is 212 g/mol. The second kappa shape index (κ2) is 9.53. The number of hydrogen-bond acceptors (Lipinski definition) is 5. The van der Waals surface area contributed by atoms with Crippen LogP contribution in [0.1, 0.15) is 0 Å². The van der Waals surface area contributed by atoms with Gasteiger partial charge in [0.2, 0.25) is 0 Å². The van der Waals surface area contributed by atoms with Gasteiger partial charge >= 0.3 is 5.97 Å². The van der Waals surface area contributed by atoms with Gasteiger partial charge in [0.25, 0.3) is 0 Å². The van der Waals surface area contributed by atoms with Gasteiger partial charge in [0, 0.05) is 33.9 Å². The lowest BCUT2D eigenvalue weighted by atomic mass is 10.2. The van der Waals surface area contributed by atoms with Gasteiger partial charge in [0.1, 0.15) is 6.04 Å². The molecule has 2 N–H and O–H groups in total. The first-order chi connectivity index (χ1) is 7.65. The summed E-state index contributed by atoms with van der Waals surface area (Å²) in [4.78, 5) is 12.9. The Morgan fingerprint density at radius 3 is 2.12 bits per heavy atom. The first-order valence-corrected chi connectivity index (χ1v) is 5.26. The third kappa shape index (κ3) is 6.73. The first kappa shape index (κ1) is 15.3. The van der Waals surface area contributed by atoms with Crippen LogP contribution in [0, 0.1) is 0 Å². The fourth-order valence-electron chi connectivity index (χ4n) is 1.29. The molecule has 0 aromatic carbocycles. The summed E-state index contributed by atoms with van der Waals surface area (Å²) in [6.07, 6.45) is 0. The highest BCUT2D eigenvalue weighted by Crippen LogP contribution is 1.94. The molecule has 0 aliphatic rings. The fourth-order valence-corrected chi connectivity index (χ4v) is 1.29. The van der Waals surface area contributed by atoms with Crippen LogP contribution < -0.4 is 5.32 Å². The maximum Gasteiger partial charge on any atom is 0.322 e. The Kier molecular flexibility index (Phi) is 9.12. The molecule has 0 aromatic heterocycles. The van der Waals surface area contributed by atoms with Gasteiger partial charge in [0.05, 0.1) is 13.2 Å². The molecular formula is C10H22N2O4. The third-order valence-electron chi connectivity index (χ3n) is 2.31. The molecule has 0 saturated heterocycles. The molecule has 0 aromatic rings. The minimum absolute atomic E-state index is 0.443. The summed E-state index contributed by atoms with van der Waals surface area (Å²) in [7, 11) is 4.89. The smallest absolute Gasteiger partial charge is 0.322 e. The average Bonchev–Trinajstić information content (AvgIpc) is 2.27. The summed E-state index contributed by atoms with van der Waals surface area (Å²) >= 11 is 0. The summed E-state index contributed by atoms with van der Waals surface area (Å²) in [5.41, 5.74) is 0. The van der Waals surface area contributed by atoms with Crippen molar-refractivity contribution in [1.29, 1.82) is 0 Å². The Balaban J connectivity index is 4.09.